The third-order valence-electron chi connectivity index (χ3n) is 5.03. The van der Waals surface area contributed by atoms with Crippen LogP contribution < -0.4 is 19.7 Å². The first-order valence-electron chi connectivity index (χ1n) is 10.0. The average molecular weight is 575 g/mol. The number of nitrogens with zero attached hydrogens (tertiary/aromatic N) is 3. The van der Waals surface area contributed by atoms with Crippen molar-refractivity contribution in [2.24, 2.45) is 0 Å². The van der Waals surface area contributed by atoms with Crippen LogP contribution in [0.25, 0.3) is 11.0 Å². The van der Waals surface area contributed by atoms with Gasteiger partial charge in [0.1, 0.15) is 20.4 Å². The Balaban J connectivity index is 1.84. The van der Waals surface area contributed by atoms with Gasteiger partial charge in [-0.1, -0.05) is 58.9 Å². The van der Waals surface area contributed by atoms with Gasteiger partial charge in [0.25, 0.3) is 11.5 Å². The Bertz CT molecular complexity index is 1450. The Hall–Kier alpha value is -1.76. The van der Waals surface area contributed by atoms with Gasteiger partial charge in [-0.2, -0.15) is 0 Å². The number of thiazole rings is 1. The van der Waals surface area contributed by atoms with E-state index in [1.807, 2.05) is 17.9 Å². The number of aromatic nitrogens is 1. The zero-order valence-electron chi connectivity index (χ0n) is 17.8. The van der Waals surface area contributed by atoms with Crippen molar-refractivity contribution in [3.63, 3.8) is 0 Å². The highest BCUT2D eigenvalue weighted by Crippen LogP contribution is 2.48. The van der Waals surface area contributed by atoms with Crippen LogP contribution in [0, 0.1) is 0 Å². The summed E-state index contributed by atoms with van der Waals surface area (Å²) in [5.41, 5.74) is 0.448. The highest BCUT2D eigenvalue weighted by molar-refractivity contribution is 8.30. The highest BCUT2D eigenvalue weighted by atomic mass is 35.5. The number of carboxylic acids is 1. The maximum atomic E-state index is 13.1. The molecule has 1 N–H and O–H groups in total. The molecule has 0 bridgehead atoms. The van der Waals surface area contributed by atoms with E-state index in [2.05, 4.69) is 0 Å². The van der Waals surface area contributed by atoms with E-state index >= 15 is 0 Å². The molecule has 0 radical (unpaired) electrons. The van der Waals surface area contributed by atoms with E-state index < -0.39 is 18.1 Å². The number of aliphatic carboxylic acids is 1. The summed E-state index contributed by atoms with van der Waals surface area (Å²) in [5, 5.41) is 11.1. The van der Waals surface area contributed by atoms with Gasteiger partial charge in [-0.3, -0.25) is 23.9 Å². The molecule has 0 unspecified atom stereocenters. The Labute approximate surface area is 222 Å². The van der Waals surface area contributed by atoms with Crippen molar-refractivity contribution in [1.82, 2.24) is 9.47 Å². The smallest absolute Gasteiger partial charge is 0.323 e. The second-order valence-electron chi connectivity index (χ2n) is 7.05. The predicted molar refractivity (Wildman–Crippen MR) is 144 cm³/mol. The lowest BCUT2D eigenvalue weighted by atomic mass is 10.3. The van der Waals surface area contributed by atoms with E-state index in [-0.39, 0.29) is 10.8 Å². The van der Waals surface area contributed by atoms with Crippen LogP contribution in [-0.4, -0.2) is 43.9 Å². The molecule has 1 saturated heterocycles. The molecule has 1 amide bonds. The number of hydrogen-bond acceptors (Lipinski definition) is 8. The molecule has 0 atom stereocenters. The minimum absolute atomic E-state index is 0.268. The number of anilines is 1. The molecule has 0 aliphatic carbocycles. The molecule has 3 heterocycles. The van der Waals surface area contributed by atoms with Gasteiger partial charge in [0.15, 0.2) is 0 Å². The van der Waals surface area contributed by atoms with Gasteiger partial charge in [-0.15, -0.1) is 11.3 Å². The molecule has 1 fully saturated rings. The summed E-state index contributed by atoms with van der Waals surface area (Å²) in [7, 11) is 0. The maximum absolute atomic E-state index is 13.1. The topological polar surface area (TPSA) is 82.9 Å². The van der Waals surface area contributed by atoms with Crippen molar-refractivity contribution in [1.29, 1.82) is 0 Å². The molecule has 7 nitrogen and oxygen atoms in total. The Kier molecular flexibility index (Phi) is 7.51. The van der Waals surface area contributed by atoms with Gasteiger partial charge in [-0.25, -0.2) is 0 Å². The Morgan fingerprint density at radius 2 is 1.76 bits per heavy atom. The molecular formula is C21H17Cl2N3O4S4. The lowest BCUT2D eigenvalue weighted by molar-refractivity contribution is -0.137. The Morgan fingerprint density at radius 1 is 1.09 bits per heavy atom. The molecule has 1 aromatic carbocycles. The van der Waals surface area contributed by atoms with Crippen molar-refractivity contribution < 1.29 is 14.7 Å². The van der Waals surface area contributed by atoms with E-state index in [0.29, 0.717) is 36.7 Å². The lowest BCUT2D eigenvalue weighted by Crippen LogP contribution is -2.35. The quantitative estimate of drug-likeness (QED) is 0.544. The normalized spacial score (nSPS) is 19.1. The van der Waals surface area contributed by atoms with Crippen LogP contribution in [0.3, 0.4) is 0 Å². The fourth-order valence-corrected chi connectivity index (χ4v) is 7.59. The van der Waals surface area contributed by atoms with E-state index in [4.69, 9.17) is 35.4 Å². The van der Waals surface area contributed by atoms with E-state index in [9.17, 15) is 19.5 Å². The summed E-state index contributed by atoms with van der Waals surface area (Å²) in [6.07, 6.45) is 3.45. The van der Waals surface area contributed by atoms with E-state index in [0.717, 1.165) is 43.3 Å². The molecule has 2 aliphatic rings. The van der Waals surface area contributed by atoms with Crippen LogP contribution in [0.5, 0.6) is 0 Å². The largest absolute Gasteiger partial charge is 0.480 e. The van der Waals surface area contributed by atoms with E-state index in [1.54, 1.807) is 25.1 Å². The summed E-state index contributed by atoms with van der Waals surface area (Å²) in [4.78, 5) is 42.0. The molecule has 1 aromatic heterocycles. The van der Waals surface area contributed by atoms with Gasteiger partial charge in [0, 0.05) is 18.0 Å². The molecule has 2 aliphatic heterocycles. The van der Waals surface area contributed by atoms with Crippen molar-refractivity contribution in [2.75, 3.05) is 18.0 Å². The number of carbonyl (C=O) groups excluding carboxylic acids is 1. The number of halogens is 2. The number of benzene rings is 1. The fraction of sp³-hybridized carbons (Fsp3) is 0.238. The third-order valence-corrected chi connectivity index (χ3v) is 9.58. The fourth-order valence-electron chi connectivity index (χ4n) is 3.48. The van der Waals surface area contributed by atoms with E-state index in [1.165, 1.54) is 16.7 Å². The number of allylic oxidation sites excluding steroid dienone is 1. The van der Waals surface area contributed by atoms with Gasteiger partial charge in [0.2, 0.25) is 0 Å². The molecule has 178 valence electrons. The number of thiocarbonyl (C=S) groups is 1. The summed E-state index contributed by atoms with van der Waals surface area (Å²) < 4.78 is 2.11. The first-order valence-corrected chi connectivity index (χ1v) is 13.6. The van der Waals surface area contributed by atoms with Gasteiger partial charge in [-0.05, 0) is 38.1 Å². The molecule has 4 rings (SSSR count). The summed E-state index contributed by atoms with van der Waals surface area (Å²) >= 11 is 21.3. The lowest BCUT2D eigenvalue weighted by Gasteiger charge is -2.17. The van der Waals surface area contributed by atoms with Crippen molar-refractivity contribution >= 4 is 103 Å². The summed E-state index contributed by atoms with van der Waals surface area (Å²) in [5.74, 6) is -1.50. The standard InChI is InChI=1S/C21H17Cl2N3O4S4/c1-3-24-12-7-10(22)11(23)8-14(12)32-15(24)6-5-13-18(29)26(9-16(27)28)20(33-13)17-19(30)25(4-2)21(31)34-17/h5-8H,3-4,9H2,1-2H3,(H,27,28). The summed E-state index contributed by atoms with van der Waals surface area (Å²) in [6.45, 7) is 4.31. The van der Waals surface area contributed by atoms with Crippen molar-refractivity contribution in [2.45, 2.75) is 25.3 Å². The first kappa shape index (κ1) is 25.3. The zero-order valence-corrected chi connectivity index (χ0v) is 22.6. The molecule has 34 heavy (non-hydrogen) atoms. The predicted octanol–water partition coefficient (Wildman–Crippen LogP) is 3.54. The second kappa shape index (κ2) is 10.1. The van der Waals surface area contributed by atoms with Crippen molar-refractivity contribution in [3.8, 4) is 0 Å². The number of carbonyl (C=O) groups is 2. The van der Waals surface area contributed by atoms with Gasteiger partial charge in [0.05, 0.1) is 25.3 Å². The minimum Gasteiger partial charge on any atom is -0.480 e. The Morgan fingerprint density at radius 3 is 2.38 bits per heavy atom. The van der Waals surface area contributed by atoms with Crippen LogP contribution in [0.15, 0.2) is 32.9 Å². The average Bonchev–Trinajstić information content (AvgIpc) is 3.37. The van der Waals surface area contributed by atoms with Gasteiger partial charge < -0.3 is 10.0 Å². The monoisotopic (exact) mass is 573 g/mol. The number of fused-ring (bicyclic) bond motifs is 1. The van der Waals surface area contributed by atoms with Crippen LogP contribution >= 0.6 is 70.3 Å². The molecular weight excluding hydrogens is 557 g/mol. The zero-order chi connectivity index (χ0) is 24.7. The number of thioether (sulfide) groups is 2. The number of hydrogen-bond donors (Lipinski definition) is 1. The SMILES string of the molecule is CCN1C(=O)C(=c2sc(=CC=C3Sc4cc(Cl)c(Cl)cc4N3CC)c(=O)n2CC(=O)O)SC1=S. The number of rotatable bonds is 5. The van der Waals surface area contributed by atoms with Crippen LogP contribution in [-0.2, 0) is 16.1 Å². The van der Waals surface area contributed by atoms with Crippen LogP contribution in [0.4, 0.5) is 5.69 Å². The van der Waals surface area contributed by atoms with Crippen LogP contribution in [0.1, 0.15) is 13.8 Å². The number of amides is 1. The van der Waals surface area contributed by atoms with Crippen molar-refractivity contribution in [3.05, 3.63) is 52.8 Å². The molecule has 0 spiro atoms. The second-order valence-corrected chi connectivity index (χ2v) is 11.6. The molecule has 0 saturated carbocycles. The molecule has 2 aromatic rings. The maximum Gasteiger partial charge on any atom is 0.323 e. The van der Waals surface area contributed by atoms with Crippen LogP contribution in [0.2, 0.25) is 10.0 Å². The third kappa shape index (κ3) is 4.57. The summed E-state index contributed by atoms with van der Waals surface area (Å²) in [6, 6.07) is 3.61. The highest BCUT2D eigenvalue weighted by Gasteiger charge is 2.33. The molecule has 13 heteroatoms. The number of carboxylic acid groups (broad SMARTS) is 1. The first-order chi connectivity index (χ1) is 16.2. The minimum atomic E-state index is -1.18. The van der Waals surface area contributed by atoms with Gasteiger partial charge >= 0.3 is 5.97 Å².